The Bertz CT molecular complexity index is 350. The Morgan fingerprint density at radius 3 is 3.00 bits per heavy atom. The second-order valence-corrected chi connectivity index (χ2v) is 4.48. The van der Waals surface area contributed by atoms with Crippen molar-refractivity contribution in [2.75, 3.05) is 13.1 Å². The minimum atomic E-state index is -0.100. The Kier molecular flexibility index (Phi) is 1.84. The molecule has 2 heteroatoms. The molecule has 1 aromatic carbocycles. The number of halogens is 1. The van der Waals surface area contributed by atoms with Gasteiger partial charge in [-0.15, -0.1) is 0 Å². The van der Waals surface area contributed by atoms with Crippen molar-refractivity contribution in [3.05, 3.63) is 35.6 Å². The van der Waals surface area contributed by atoms with Crippen LogP contribution in [0.25, 0.3) is 0 Å². The van der Waals surface area contributed by atoms with Crippen LogP contribution in [0.1, 0.15) is 17.9 Å². The van der Waals surface area contributed by atoms with Gasteiger partial charge in [0.2, 0.25) is 0 Å². The van der Waals surface area contributed by atoms with Gasteiger partial charge in [0.15, 0.2) is 0 Å². The van der Waals surface area contributed by atoms with Crippen molar-refractivity contribution in [1.82, 2.24) is 5.32 Å². The molecular formula is C12H14FN. The summed E-state index contributed by atoms with van der Waals surface area (Å²) in [6.07, 6.45) is 1.24. The van der Waals surface area contributed by atoms with Crippen molar-refractivity contribution in [1.29, 1.82) is 0 Å². The third-order valence-corrected chi connectivity index (χ3v) is 3.74. The smallest absolute Gasteiger partial charge is 0.123 e. The van der Waals surface area contributed by atoms with Crippen molar-refractivity contribution in [2.45, 2.75) is 12.3 Å². The standard InChI is InChI=1S/C12H14FN/c13-10-3-1-2-8(4-10)11-5-9-6-14-7-12(9)11/h1-4,9,11-12,14H,5-7H2/t9-,11-,12+/m0/s1. The summed E-state index contributed by atoms with van der Waals surface area (Å²) in [6, 6.07) is 7.09. The third kappa shape index (κ3) is 1.17. The normalized spacial score (nSPS) is 35.1. The van der Waals surface area contributed by atoms with Crippen molar-refractivity contribution in [3.8, 4) is 0 Å². The van der Waals surface area contributed by atoms with E-state index in [1.165, 1.54) is 18.1 Å². The molecule has 1 aliphatic carbocycles. The van der Waals surface area contributed by atoms with Crippen LogP contribution in [0.2, 0.25) is 0 Å². The lowest BCUT2D eigenvalue weighted by Gasteiger charge is -2.40. The highest BCUT2D eigenvalue weighted by molar-refractivity contribution is 5.25. The van der Waals surface area contributed by atoms with Gasteiger partial charge in [0, 0.05) is 0 Å². The van der Waals surface area contributed by atoms with E-state index in [9.17, 15) is 4.39 Å². The lowest BCUT2D eigenvalue weighted by Crippen LogP contribution is -2.33. The van der Waals surface area contributed by atoms with Crippen LogP contribution in [0, 0.1) is 17.7 Å². The Morgan fingerprint density at radius 1 is 1.29 bits per heavy atom. The summed E-state index contributed by atoms with van der Waals surface area (Å²) < 4.78 is 13.0. The fourth-order valence-electron chi connectivity index (χ4n) is 2.91. The molecule has 1 aliphatic heterocycles. The van der Waals surface area contributed by atoms with Gasteiger partial charge in [-0.2, -0.15) is 0 Å². The Morgan fingerprint density at radius 2 is 2.21 bits per heavy atom. The van der Waals surface area contributed by atoms with Crippen molar-refractivity contribution in [3.63, 3.8) is 0 Å². The van der Waals surface area contributed by atoms with E-state index in [-0.39, 0.29) is 5.82 Å². The van der Waals surface area contributed by atoms with Gasteiger partial charge >= 0.3 is 0 Å². The number of benzene rings is 1. The van der Waals surface area contributed by atoms with Crippen LogP contribution in [-0.4, -0.2) is 13.1 Å². The number of fused-ring (bicyclic) bond motifs is 1. The summed E-state index contributed by atoms with van der Waals surface area (Å²) in [4.78, 5) is 0. The maximum atomic E-state index is 13.0. The van der Waals surface area contributed by atoms with Crippen LogP contribution in [0.4, 0.5) is 4.39 Å². The molecule has 0 bridgehead atoms. The first-order chi connectivity index (χ1) is 6.84. The number of hydrogen-bond acceptors (Lipinski definition) is 1. The van der Waals surface area contributed by atoms with Crippen LogP contribution < -0.4 is 5.32 Å². The first-order valence-electron chi connectivity index (χ1n) is 5.31. The Balaban J connectivity index is 1.83. The van der Waals surface area contributed by atoms with Crippen LogP contribution in [-0.2, 0) is 0 Å². The highest BCUT2D eigenvalue weighted by Gasteiger charge is 2.44. The summed E-state index contributed by atoms with van der Waals surface area (Å²) in [6.45, 7) is 2.28. The molecular weight excluding hydrogens is 177 g/mol. The van der Waals surface area contributed by atoms with Crippen LogP contribution >= 0.6 is 0 Å². The zero-order valence-corrected chi connectivity index (χ0v) is 8.04. The molecule has 0 aromatic heterocycles. The van der Waals surface area contributed by atoms with E-state index in [1.54, 1.807) is 6.07 Å². The first-order valence-corrected chi connectivity index (χ1v) is 5.31. The van der Waals surface area contributed by atoms with E-state index >= 15 is 0 Å². The predicted molar refractivity (Wildman–Crippen MR) is 53.6 cm³/mol. The van der Waals surface area contributed by atoms with Gasteiger partial charge in [0.05, 0.1) is 0 Å². The maximum absolute atomic E-state index is 13.0. The summed E-state index contributed by atoms with van der Waals surface area (Å²) in [7, 11) is 0. The van der Waals surface area contributed by atoms with Gasteiger partial charge in [0.1, 0.15) is 5.82 Å². The molecule has 0 radical (unpaired) electrons. The van der Waals surface area contributed by atoms with Crippen molar-refractivity contribution >= 4 is 0 Å². The SMILES string of the molecule is Fc1cccc([C@@H]2C[C@H]3CNC[C@H]32)c1. The second kappa shape index (κ2) is 3.06. The highest BCUT2D eigenvalue weighted by Crippen LogP contribution is 2.48. The van der Waals surface area contributed by atoms with Crippen LogP contribution in [0.15, 0.2) is 24.3 Å². The maximum Gasteiger partial charge on any atom is 0.123 e. The molecule has 1 heterocycles. The Hall–Kier alpha value is -0.890. The zero-order chi connectivity index (χ0) is 9.54. The van der Waals surface area contributed by atoms with Crippen LogP contribution in [0.5, 0.6) is 0 Å². The lowest BCUT2D eigenvalue weighted by molar-refractivity contribution is 0.190. The van der Waals surface area contributed by atoms with Crippen LogP contribution in [0.3, 0.4) is 0 Å². The van der Waals surface area contributed by atoms with Gasteiger partial charge in [-0.05, 0) is 55.0 Å². The molecule has 1 saturated carbocycles. The van der Waals surface area contributed by atoms with Crippen molar-refractivity contribution < 1.29 is 4.39 Å². The molecule has 2 aliphatic rings. The summed E-state index contributed by atoms with van der Waals surface area (Å²) in [5.41, 5.74) is 1.19. The average Bonchev–Trinajstić information content (AvgIpc) is 2.48. The van der Waals surface area contributed by atoms with E-state index in [4.69, 9.17) is 0 Å². The Labute approximate surface area is 83.3 Å². The molecule has 14 heavy (non-hydrogen) atoms. The molecule has 1 nitrogen and oxygen atoms in total. The number of rotatable bonds is 1. The highest BCUT2D eigenvalue weighted by atomic mass is 19.1. The molecule has 1 saturated heterocycles. The molecule has 0 spiro atoms. The van der Waals surface area contributed by atoms with Gasteiger partial charge < -0.3 is 5.32 Å². The van der Waals surface area contributed by atoms with Gasteiger partial charge in [-0.25, -0.2) is 4.39 Å². The third-order valence-electron chi connectivity index (χ3n) is 3.74. The van der Waals surface area contributed by atoms with E-state index in [0.29, 0.717) is 5.92 Å². The molecule has 0 unspecified atom stereocenters. The lowest BCUT2D eigenvalue weighted by atomic mass is 9.64. The number of nitrogens with one attached hydrogen (secondary N) is 1. The van der Waals surface area contributed by atoms with E-state index in [0.717, 1.165) is 24.9 Å². The average molecular weight is 191 g/mol. The zero-order valence-electron chi connectivity index (χ0n) is 8.04. The van der Waals surface area contributed by atoms with E-state index in [2.05, 4.69) is 11.4 Å². The summed E-state index contributed by atoms with van der Waals surface area (Å²) in [5, 5.41) is 3.40. The molecule has 74 valence electrons. The molecule has 0 amide bonds. The minimum absolute atomic E-state index is 0.100. The van der Waals surface area contributed by atoms with E-state index < -0.39 is 0 Å². The molecule has 1 aromatic rings. The summed E-state index contributed by atoms with van der Waals surface area (Å²) in [5.74, 6) is 2.11. The fraction of sp³-hybridized carbons (Fsp3) is 0.500. The van der Waals surface area contributed by atoms with E-state index in [1.807, 2.05) is 6.07 Å². The molecule has 2 fully saturated rings. The number of hydrogen-bond donors (Lipinski definition) is 1. The predicted octanol–water partition coefficient (Wildman–Crippen LogP) is 2.15. The molecule has 3 rings (SSSR count). The molecule has 3 atom stereocenters. The second-order valence-electron chi connectivity index (χ2n) is 4.48. The minimum Gasteiger partial charge on any atom is -0.316 e. The largest absolute Gasteiger partial charge is 0.316 e. The fourth-order valence-corrected chi connectivity index (χ4v) is 2.91. The van der Waals surface area contributed by atoms with Crippen molar-refractivity contribution in [2.24, 2.45) is 11.8 Å². The first kappa shape index (κ1) is 8.42. The topological polar surface area (TPSA) is 12.0 Å². The molecule has 1 N–H and O–H groups in total. The monoisotopic (exact) mass is 191 g/mol. The summed E-state index contributed by atoms with van der Waals surface area (Å²) >= 11 is 0. The van der Waals surface area contributed by atoms with Gasteiger partial charge in [0.25, 0.3) is 0 Å². The van der Waals surface area contributed by atoms with Gasteiger partial charge in [-0.3, -0.25) is 0 Å². The quantitative estimate of drug-likeness (QED) is 0.717. The van der Waals surface area contributed by atoms with Gasteiger partial charge in [-0.1, -0.05) is 12.1 Å².